The molecule has 1 N–H and O–H groups in total. The average molecular weight is 445 g/mol. The number of nitrogens with one attached hydrogen (secondary N) is 1. The fraction of sp³-hybridized carbons (Fsp3) is 0.455. The van der Waals surface area contributed by atoms with Crippen molar-refractivity contribution < 1.29 is 23.5 Å². The van der Waals surface area contributed by atoms with Gasteiger partial charge in [-0.05, 0) is 30.7 Å². The zero-order valence-corrected chi connectivity index (χ0v) is 18.5. The molecule has 2 amide bonds. The predicted octanol–water partition coefficient (Wildman–Crippen LogP) is 1.45. The van der Waals surface area contributed by atoms with Gasteiger partial charge in [0.15, 0.2) is 6.61 Å². The molecule has 1 unspecified atom stereocenters. The van der Waals surface area contributed by atoms with Crippen LogP contribution in [0.5, 0.6) is 5.75 Å². The van der Waals surface area contributed by atoms with E-state index in [4.69, 9.17) is 9.47 Å². The first kappa shape index (κ1) is 23.4. The summed E-state index contributed by atoms with van der Waals surface area (Å²) in [6.45, 7) is 1.59. The van der Waals surface area contributed by atoms with E-state index in [-0.39, 0.29) is 30.2 Å². The number of hydrogen-bond donors (Lipinski definition) is 1. The third kappa shape index (κ3) is 5.91. The maximum Gasteiger partial charge on any atom is 0.260 e. The van der Waals surface area contributed by atoms with Crippen LogP contribution < -0.4 is 15.0 Å². The van der Waals surface area contributed by atoms with E-state index in [2.05, 4.69) is 15.3 Å². The lowest BCUT2D eigenvalue weighted by atomic mass is 10.00. The smallest absolute Gasteiger partial charge is 0.260 e. The van der Waals surface area contributed by atoms with E-state index in [0.29, 0.717) is 55.6 Å². The van der Waals surface area contributed by atoms with Crippen LogP contribution in [0.15, 0.2) is 30.5 Å². The molecule has 0 aliphatic carbocycles. The highest BCUT2D eigenvalue weighted by Gasteiger charge is 2.32. The van der Waals surface area contributed by atoms with Crippen LogP contribution in [-0.4, -0.2) is 80.7 Å². The lowest BCUT2D eigenvalue weighted by Crippen LogP contribution is -2.33. The lowest BCUT2D eigenvalue weighted by molar-refractivity contribution is -0.132. The van der Waals surface area contributed by atoms with Crippen molar-refractivity contribution in [3.8, 4) is 5.75 Å². The number of benzene rings is 1. The van der Waals surface area contributed by atoms with Crippen molar-refractivity contribution in [1.82, 2.24) is 20.2 Å². The van der Waals surface area contributed by atoms with E-state index in [1.165, 1.54) is 30.5 Å². The number of ether oxygens (including phenoxy) is 2. The first-order valence-electron chi connectivity index (χ1n) is 10.4. The van der Waals surface area contributed by atoms with Crippen molar-refractivity contribution >= 4 is 17.8 Å². The Kier molecular flexibility index (Phi) is 7.93. The first-order valence-corrected chi connectivity index (χ1v) is 10.4. The minimum Gasteiger partial charge on any atom is -0.484 e. The van der Waals surface area contributed by atoms with Gasteiger partial charge < -0.3 is 24.6 Å². The fourth-order valence-electron chi connectivity index (χ4n) is 3.43. The Labute approximate surface area is 186 Å². The minimum absolute atomic E-state index is 0.102. The Balaban J connectivity index is 1.68. The van der Waals surface area contributed by atoms with Gasteiger partial charge in [0, 0.05) is 53.0 Å². The summed E-state index contributed by atoms with van der Waals surface area (Å²) in [4.78, 5) is 37.7. The number of aromatic nitrogens is 2. The van der Waals surface area contributed by atoms with E-state index in [0.717, 1.165) is 0 Å². The molecule has 1 saturated heterocycles. The van der Waals surface area contributed by atoms with E-state index >= 15 is 0 Å². The second kappa shape index (κ2) is 10.9. The Morgan fingerprint density at radius 1 is 1.28 bits per heavy atom. The van der Waals surface area contributed by atoms with E-state index in [9.17, 15) is 14.0 Å². The molecule has 9 nitrogen and oxygen atoms in total. The van der Waals surface area contributed by atoms with Gasteiger partial charge in [-0.25, -0.2) is 14.4 Å². The topological polar surface area (TPSA) is 96.9 Å². The minimum atomic E-state index is -0.366. The molecule has 10 heteroatoms. The molecule has 32 heavy (non-hydrogen) atoms. The van der Waals surface area contributed by atoms with Crippen molar-refractivity contribution in [2.45, 2.75) is 12.3 Å². The highest BCUT2D eigenvalue weighted by Crippen LogP contribution is 2.29. The van der Waals surface area contributed by atoms with Gasteiger partial charge in [-0.3, -0.25) is 9.59 Å². The van der Waals surface area contributed by atoms with Crippen molar-refractivity contribution in [3.05, 3.63) is 47.5 Å². The molecule has 0 saturated carbocycles. The summed E-state index contributed by atoms with van der Waals surface area (Å²) in [6, 6.07) is 5.52. The molecule has 0 radical (unpaired) electrons. The number of amides is 2. The Morgan fingerprint density at radius 2 is 2.03 bits per heavy atom. The number of carbonyl (C=O) groups excluding carboxylic acids is 2. The highest BCUT2D eigenvalue weighted by atomic mass is 19.1. The monoisotopic (exact) mass is 445 g/mol. The SMILES string of the molecule is COCCNC(=O)c1cnc(N(C)C)nc1C1CCN(C(=O)COc2ccc(F)cc2)C1. The number of likely N-dealkylation sites (tertiary alicyclic amines) is 1. The molecule has 2 heterocycles. The molecule has 3 rings (SSSR count). The molecular formula is C22H28FN5O4. The van der Waals surface area contributed by atoms with Gasteiger partial charge >= 0.3 is 0 Å². The molecule has 172 valence electrons. The molecule has 0 spiro atoms. The molecule has 1 aliphatic rings. The maximum absolute atomic E-state index is 13.0. The van der Waals surface area contributed by atoms with Gasteiger partial charge in [0.1, 0.15) is 11.6 Å². The summed E-state index contributed by atoms with van der Waals surface area (Å²) in [5.74, 6) is 0.0103. The highest BCUT2D eigenvalue weighted by molar-refractivity contribution is 5.95. The molecule has 0 bridgehead atoms. The fourth-order valence-corrected chi connectivity index (χ4v) is 3.43. The Bertz CT molecular complexity index is 938. The van der Waals surface area contributed by atoms with Gasteiger partial charge in [0.05, 0.1) is 17.9 Å². The van der Waals surface area contributed by atoms with Gasteiger partial charge in [-0.15, -0.1) is 0 Å². The zero-order chi connectivity index (χ0) is 23.1. The normalized spacial score (nSPS) is 15.5. The zero-order valence-electron chi connectivity index (χ0n) is 18.5. The maximum atomic E-state index is 13.0. The van der Waals surface area contributed by atoms with E-state index in [1.54, 1.807) is 16.9 Å². The second-order valence-corrected chi connectivity index (χ2v) is 7.68. The summed E-state index contributed by atoms with van der Waals surface area (Å²) in [6.07, 6.45) is 2.20. The molecule has 1 aromatic carbocycles. The lowest BCUT2D eigenvalue weighted by Gasteiger charge is -2.19. The quantitative estimate of drug-likeness (QED) is 0.584. The number of nitrogens with zero attached hydrogens (tertiary/aromatic N) is 4. The number of hydrogen-bond acceptors (Lipinski definition) is 7. The van der Waals surface area contributed by atoms with Crippen LogP contribution in [0.1, 0.15) is 28.4 Å². The van der Waals surface area contributed by atoms with Crippen molar-refractivity contribution in [1.29, 1.82) is 0 Å². The number of methoxy groups -OCH3 is 1. The van der Waals surface area contributed by atoms with Gasteiger partial charge in [0.2, 0.25) is 5.95 Å². The van der Waals surface area contributed by atoms with E-state index < -0.39 is 0 Å². The molecule has 1 fully saturated rings. The Morgan fingerprint density at radius 3 is 2.72 bits per heavy atom. The van der Waals surface area contributed by atoms with Crippen LogP contribution in [-0.2, 0) is 9.53 Å². The number of anilines is 1. The van der Waals surface area contributed by atoms with E-state index in [1.807, 2.05) is 14.1 Å². The summed E-state index contributed by atoms with van der Waals surface area (Å²) >= 11 is 0. The summed E-state index contributed by atoms with van der Waals surface area (Å²) in [7, 11) is 5.22. The Hall–Kier alpha value is -3.27. The van der Waals surface area contributed by atoms with Crippen LogP contribution in [0.4, 0.5) is 10.3 Å². The summed E-state index contributed by atoms with van der Waals surface area (Å²) < 4.78 is 23.5. The summed E-state index contributed by atoms with van der Waals surface area (Å²) in [5, 5.41) is 2.80. The van der Waals surface area contributed by atoms with Crippen LogP contribution in [0.3, 0.4) is 0 Å². The molecule has 1 aliphatic heterocycles. The van der Waals surface area contributed by atoms with Gasteiger partial charge in [-0.1, -0.05) is 0 Å². The van der Waals surface area contributed by atoms with Crippen molar-refractivity contribution in [3.63, 3.8) is 0 Å². The molecule has 1 atom stereocenters. The largest absolute Gasteiger partial charge is 0.484 e. The molecular weight excluding hydrogens is 417 g/mol. The van der Waals surface area contributed by atoms with Crippen LogP contribution >= 0.6 is 0 Å². The predicted molar refractivity (Wildman–Crippen MR) is 116 cm³/mol. The number of rotatable bonds is 9. The van der Waals surface area contributed by atoms with Crippen molar-refractivity contribution in [2.24, 2.45) is 0 Å². The number of halogens is 1. The van der Waals surface area contributed by atoms with Gasteiger partial charge in [0.25, 0.3) is 11.8 Å². The average Bonchev–Trinajstić information content (AvgIpc) is 3.28. The third-order valence-corrected chi connectivity index (χ3v) is 5.15. The standard InChI is InChI=1S/C22H28FN5O4/c1-27(2)22-25-12-18(21(30)24-9-11-31-3)20(26-22)15-8-10-28(13-15)19(29)14-32-17-6-4-16(23)5-7-17/h4-7,12,15H,8-11,13-14H2,1-3H3,(H,24,30). The second-order valence-electron chi connectivity index (χ2n) is 7.68. The molecule has 2 aromatic rings. The van der Waals surface area contributed by atoms with Gasteiger partial charge in [-0.2, -0.15) is 0 Å². The van der Waals surface area contributed by atoms with Crippen LogP contribution in [0.25, 0.3) is 0 Å². The number of carbonyl (C=O) groups is 2. The van der Waals surface area contributed by atoms with Crippen molar-refractivity contribution in [2.75, 3.05) is 59.0 Å². The van der Waals surface area contributed by atoms with Crippen LogP contribution in [0.2, 0.25) is 0 Å². The third-order valence-electron chi connectivity index (χ3n) is 5.15. The summed E-state index contributed by atoms with van der Waals surface area (Å²) in [5.41, 5.74) is 1.02. The first-order chi connectivity index (χ1) is 15.4. The van der Waals surface area contributed by atoms with Crippen LogP contribution in [0, 0.1) is 5.82 Å². The molecule has 1 aromatic heterocycles.